The molecule has 2 atom stereocenters. The molecule has 1 aromatic carbocycles. The lowest BCUT2D eigenvalue weighted by molar-refractivity contribution is -0.183. The van der Waals surface area contributed by atoms with Crippen molar-refractivity contribution in [2.75, 3.05) is 0 Å². The second kappa shape index (κ2) is 4.85. The molecule has 1 N–H and O–H groups in total. The zero-order chi connectivity index (χ0) is 15.1. The van der Waals surface area contributed by atoms with Crippen LogP contribution in [-0.4, -0.2) is 21.8 Å². The highest BCUT2D eigenvalue weighted by molar-refractivity contribution is 5.84. The maximum atomic E-state index is 12.8. The number of carboxylic acids is 1. The van der Waals surface area contributed by atoms with Crippen molar-refractivity contribution in [3.8, 4) is 0 Å². The van der Waals surface area contributed by atoms with Crippen molar-refractivity contribution < 1.29 is 23.1 Å². The highest BCUT2D eigenvalue weighted by Crippen LogP contribution is 2.38. The Balaban J connectivity index is 2.52. The van der Waals surface area contributed by atoms with Crippen molar-refractivity contribution in [2.45, 2.75) is 19.0 Å². The minimum atomic E-state index is -4.55. The Kier molecular flexibility index (Phi) is 3.50. The van der Waals surface area contributed by atoms with Gasteiger partial charge in [-0.05, 0) is 23.1 Å². The van der Waals surface area contributed by atoms with E-state index in [9.17, 15) is 18.0 Å². The lowest BCUT2D eigenvalue weighted by atomic mass is 9.86. The van der Waals surface area contributed by atoms with E-state index in [0.29, 0.717) is 5.52 Å². The van der Waals surface area contributed by atoms with Crippen LogP contribution in [0.1, 0.15) is 18.4 Å². The molecule has 0 amide bonds. The summed E-state index contributed by atoms with van der Waals surface area (Å²) in [6, 6.07) is 6.42. The third-order valence-electron chi connectivity index (χ3n) is 3.55. The third-order valence-corrected chi connectivity index (χ3v) is 3.55. The summed E-state index contributed by atoms with van der Waals surface area (Å²) in [4.78, 5) is 11.2. The number of aryl methyl sites for hydroxylation is 1. The van der Waals surface area contributed by atoms with Crippen LogP contribution in [0.4, 0.5) is 13.2 Å². The number of hydrogen-bond acceptors (Lipinski definition) is 1. The van der Waals surface area contributed by atoms with E-state index < -0.39 is 24.0 Å². The van der Waals surface area contributed by atoms with E-state index in [1.54, 1.807) is 23.9 Å². The zero-order valence-corrected chi connectivity index (χ0v) is 11.0. The van der Waals surface area contributed by atoms with Gasteiger partial charge >= 0.3 is 12.1 Å². The summed E-state index contributed by atoms with van der Waals surface area (Å²) in [6.07, 6.45) is -2.77. The molecule has 0 aliphatic rings. The Labute approximate surface area is 113 Å². The van der Waals surface area contributed by atoms with Crippen LogP contribution in [0.3, 0.4) is 0 Å². The van der Waals surface area contributed by atoms with Crippen molar-refractivity contribution in [3.63, 3.8) is 0 Å². The number of aliphatic carboxylic acids is 1. The molecule has 1 heterocycles. The quantitative estimate of drug-likeness (QED) is 0.937. The number of aromatic nitrogens is 1. The number of benzene rings is 1. The Morgan fingerprint density at radius 2 is 1.95 bits per heavy atom. The van der Waals surface area contributed by atoms with Crippen LogP contribution in [0.2, 0.25) is 0 Å². The van der Waals surface area contributed by atoms with Gasteiger partial charge in [-0.2, -0.15) is 13.2 Å². The second-order valence-electron chi connectivity index (χ2n) is 4.89. The van der Waals surface area contributed by atoms with Gasteiger partial charge in [0.15, 0.2) is 0 Å². The SMILES string of the molecule is C[C@H]([C@@H](C(=O)O)c1ccc2ccn(C)c2c1)C(F)(F)F. The molecule has 2 aromatic rings. The van der Waals surface area contributed by atoms with Gasteiger partial charge in [-0.15, -0.1) is 0 Å². The minimum Gasteiger partial charge on any atom is -0.481 e. The minimum absolute atomic E-state index is 0.164. The first-order valence-corrected chi connectivity index (χ1v) is 6.06. The fourth-order valence-electron chi connectivity index (χ4n) is 2.31. The van der Waals surface area contributed by atoms with E-state index in [1.807, 2.05) is 6.07 Å². The number of carboxylic acid groups (broad SMARTS) is 1. The Morgan fingerprint density at radius 1 is 1.30 bits per heavy atom. The summed E-state index contributed by atoms with van der Waals surface area (Å²) in [5.74, 6) is -5.02. The van der Waals surface area contributed by atoms with Gasteiger partial charge in [0.1, 0.15) is 0 Å². The van der Waals surface area contributed by atoms with Crippen molar-refractivity contribution in [3.05, 3.63) is 36.0 Å². The fourth-order valence-corrected chi connectivity index (χ4v) is 2.31. The van der Waals surface area contributed by atoms with Gasteiger partial charge < -0.3 is 9.67 Å². The number of rotatable bonds is 3. The maximum absolute atomic E-state index is 12.8. The molecule has 0 unspecified atom stereocenters. The molecule has 0 aliphatic heterocycles. The predicted molar refractivity (Wildman–Crippen MR) is 68.5 cm³/mol. The summed E-state index contributed by atoms with van der Waals surface area (Å²) in [5, 5.41) is 10.0. The average Bonchev–Trinajstić information content (AvgIpc) is 2.70. The van der Waals surface area contributed by atoms with Gasteiger partial charge in [-0.1, -0.05) is 19.1 Å². The van der Waals surface area contributed by atoms with Gasteiger partial charge in [0.25, 0.3) is 0 Å². The van der Waals surface area contributed by atoms with Crippen molar-refractivity contribution >= 4 is 16.9 Å². The average molecular weight is 285 g/mol. The maximum Gasteiger partial charge on any atom is 0.392 e. The number of hydrogen-bond donors (Lipinski definition) is 1. The molecular weight excluding hydrogens is 271 g/mol. The van der Waals surface area contributed by atoms with Crippen LogP contribution in [0.25, 0.3) is 10.9 Å². The van der Waals surface area contributed by atoms with Crippen LogP contribution < -0.4 is 0 Å². The second-order valence-corrected chi connectivity index (χ2v) is 4.89. The number of alkyl halides is 3. The van der Waals surface area contributed by atoms with Crippen molar-refractivity contribution in [1.29, 1.82) is 0 Å². The Bertz CT molecular complexity index is 645. The van der Waals surface area contributed by atoms with Crippen molar-refractivity contribution in [1.82, 2.24) is 4.57 Å². The lowest BCUT2D eigenvalue weighted by Gasteiger charge is -2.23. The molecule has 0 bridgehead atoms. The largest absolute Gasteiger partial charge is 0.481 e. The smallest absolute Gasteiger partial charge is 0.392 e. The number of fused-ring (bicyclic) bond motifs is 1. The summed E-state index contributed by atoms with van der Waals surface area (Å²) in [7, 11) is 1.76. The number of nitrogens with zero attached hydrogens (tertiary/aromatic N) is 1. The van der Waals surface area contributed by atoms with Crippen LogP contribution in [0.15, 0.2) is 30.5 Å². The van der Waals surface area contributed by atoms with E-state index >= 15 is 0 Å². The molecule has 0 fully saturated rings. The highest BCUT2D eigenvalue weighted by Gasteiger charge is 2.45. The third kappa shape index (κ3) is 2.50. The van der Waals surface area contributed by atoms with Crippen LogP contribution in [-0.2, 0) is 11.8 Å². The van der Waals surface area contributed by atoms with Crippen LogP contribution in [0, 0.1) is 5.92 Å². The standard InChI is InChI=1S/C14H14F3NO2/c1-8(14(15,16)17)12(13(19)20)10-4-3-9-5-6-18(2)11(9)7-10/h3-8,12H,1-2H3,(H,19,20)/t8-,12-/m1/s1. The highest BCUT2D eigenvalue weighted by atomic mass is 19.4. The fraction of sp³-hybridized carbons (Fsp3) is 0.357. The molecule has 0 radical (unpaired) electrons. The van der Waals surface area contributed by atoms with E-state index in [2.05, 4.69) is 0 Å². The van der Waals surface area contributed by atoms with Gasteiger partial charge in [0, 0.05) is 18.8 Å². The molecule has 20 heavy (non-hydrogen) atoms. The summed E-state index contributed by atoms with van der Waals surface area (Å²) < 4.78 is 40.2. The monoisotopic (exact) mass is 285 g/mol. The molecular formula is C14H14F3NO2. The molecule has 6 heteroatoms. The predicted octanol–water partition coefficient (Wildman–Crippen LogP) is 3.54. The van der Waals surface area contributed by atoms with Crippen LogP contribution >= 0.6 is 0 Å². The van der Waals surface area contributed by atoms with Gasteiger partial charge in [0.2, 0.25) is 0 Å². The van der Waals surface area contributed by atoms with Crippen LogP contribution in [0.5, 0.6) is 0 Å². The Morgan fingerprint density at radius 3 is 2.50 bits per heavy atom. The van der Waals surface area contributed by atoms with Gasteiger partial charge in [0.05, 0.1) is 11.8 Å². The molecule has 0 saturated carbocycles. The summed E-state index contributed by atoms with van der Waals surface area (Å²) >= 11 is 0. The summed E-state index contributed by atoms with van der Waals surface area (Å²) in [5.41, 5.74) is 0.875. The Hall–Kier alpha value is -1.98. The molecule has 0 spiro atoms. The molecule has 1 aromatic heterocycles. The van der Waals surface area contributed by atoms with E-state index in [1.165, 1.54) is 12.1 Å². The molecule has 108 valence electrons. The first-order chi connectivity index (χ1) is 9.21. The number of halogens is 3. The van der Waals surface area contributed by atoms with E-state index in [0.717, 1.165) is 12.3 Å². The van der Waals surface area contributed by atoms with Gasteiger partial charge in [-0.25, -0.2) is 0 Å². The van der Waals surface area contributed by atoms with Gasteiger partial charge in [-0.3, -0.25) is 4.79 Å². The molecule has 3 nitrogen and oxygen atoms in total. The number of carbonyl (C=O) groups is 1. The summed E-state index contributed by atoms with van der Waals surface area (Å²) in [6.45, 7) is 0.897. The molecule has 0 aliphatic carbocycles. The first-order valence-electron chi connectivity index (χ1n) is 6.06. The zero-order valence-electron chi connectivity index (χ0n) is 11.0. The normalized spacial score (nSPS) is 15.2. The lowest BCUT2D eigenvalue weighted by Crippen LogP contribution is -2.31. The molecule has 2 rings (SSSR count). The first kappa shape index (κ1) is 14.4. The van der Waals surface area contributed by atoms with Crippen molar-refractivity contribution in [2.24, 2.45) is 13.0 Å². The van der Waals surface area contributed by atoms with E-state index in [-0.39, 0.29) is 5.56 Å². The topological polar surface area (TPSA) is 42.2 Å². The molecule has 0 saturated heterocycles. The van der Waals surface area contributed by atoms with E-state index in [4.69, 9.17) is 5.11 Å².